The van der Waals surface area contributed by atoms with Crippen LogP contribution in [0.3, 0.4) is 0 Å². The van der Waals surface area contributed by atoms with E-state index in [9.17, 15) is 0 Å². The van der Waals surface area contributed by atoms with Gasteiger partial charge >= 0.3 is 0 Å². The highest BCUT2D eigenvalue weighted by Gasteiger charge is 2.17. The van der Waals surface area contributed by atoms with Gasteiger partial charge < -0.3 is 0 Å². The van der Waals surface area contributed by atoms with Crippen molar-refractivity contribution in [1.29, 1.82) is 0 Å². The van der Waals surface area contributed by atoms with E-state index in [0.29, 0.717) is 0 Å². The van der Waals surface area contributed by atoms with Crippen molar-refractivity contribution in [3.63, 3.8) is 0 Å². The van der Waals surface area contributed by atoms with Gasteiger partial charge in [-0.2, -0.15) is 0 Å². The van der Waals surface area contributed by atoms with Crippen LogP contribution in [0.2, 0.25) is 5.02 Å². The van der Waals surface area contributed by atoms with E-state index >= 15 is 0 Å². The first kappa shape index (κ1) is 14.1. The van der Waals surface area contributed by atoms with Gasteiger partial charge in [-0.05, 0) is 62.5 Å². The van der Waals surface area contributed by atoms with Crippen molar-refractivity contribution in [3.05, 3.63) is 53.6 Å². The van der Waals surface area contributed by atoms with Gasteiger partial charge in [0, 0.05) is 18.7 Å². The second-order valence-electron chi connectivity index (χ2n) is 3.61. The van der Waals surface area contributed by atoms with Crippen LogP contribution in [0, 0.1) is 6.92 Å². The molecule has 0 saturated carbocycles. The molecule has 0 aliphatic heterocycles. The van der Waals surface area contributed by atoms with Crippen molar-refractivity contribution in [2.45, 2.75) is 11.8 Å². The molecule has 2 aromatic rings. The Bertz CT molecular complexity index is 551. The molecule has 0 saturated heterocycles. The van der Waals surface area contributed by atoms with Gasteiger partial charge in [-0.25, -0.2) is 0 Å². The van der Waals surface area contributed by atoms with Gasteiger partial charge in [-0.1, -0.05) is 33.6 Å². The lowest BCUT2D eigenvalue weighted by molar-refractivity contribution is 1.21. The number of hydrogen-bond donors (Lipinski definition) is 0. The van der Waals surface area contributed by atoms with Crippen LogP contribution in [0.4, 0.5) is 0 Å². The summed E-state index contributed by atoms with van der Waals surface area (Å²) in [7, 11) is 0. The zero-order valence-electron chi connectivity index (χ0n) is 8.81. The van der Waals surface area contributed by atoms with E-state index in [0.717, 1.165) is 14.0 Å². The minimum Gasteiger partial charge on any atom is -0.143 e. The monoisotopic (exact) mass is 456 g/mol. The maximum absolute atomic E-state index is 6.00. The topological polar surface area (TPSA) is 0 Å². The Hall–Kier alpha value is 0.650. The Morgan fingerprint density at radius 2 is 1.88 bits per heavy atom. The van der Waals surface area contributed by atoms with Gasteiger partial charge in [-0.3, -0.25) is 0 Å². The summed E-state index contributed by atoms with van der Waals surface area (Å²) in [6.45, 7) is 2.11. The largest absolute Gasteiger partial charge is 0.143 e. The molecule has 17 heavy (non-hydrogen) atoms. The molecule has 0 amide bonds. The second-order valence-corrected chi connectivity index (χ2v) is 7.92. The molecule has 2 rings (SSSR count). The van der Waals surface area contributed by atoms with Gasteiger partial charge in [0.05, 0.1) is 9.85 Å². The first-order chi connectivity index (χ1) is 7.99. The SMILES string of the molecule is Cc1cc(Br)c(C(Br)c2ccc(Cl)c(Br)c2)s1. The zero-order valence-corrected chi connectivity index (χ0v) is 15.1. The Labute approximate surface area is 135 Å². The average Bonchev–Trinajstić information content (AvgIpc) is 2.61. The molecule has 1 aromatic heterocycles. The molecule has 0 aliphatic carbocycles. The second kappa shape index (κ2) is 5.74. The fourth-order valence-corrected chi connectivity index (χ4v) is 5.01. The van der Waals surface area contributed by atoms with E-state index in [1.807, 2.05) is 18.2 Å². The fourth-order valence-electron chi connectivity index (χ4n) is 1.50. The lowest BCUT2D eigenvalue weighted by atomic mass is 10.1. The third-order valence-electron chi connectivity index (χ3n) is 2.30. The summed E-state index contributed by atoms with van der Waals surface area (Å²) in [4.78, 5) is 2.75. The summed E-state index contributed by atoms with van der Waals surface area (Å²) in [5.41, 5.74) is 1.18. The standard InChI is InChI=1S/C12H8Br3ClS/c1-6-4-9(14)12(17-6)11(15)7-2-3-10(16)8(13)5-7/h2-5,11H,1H3. The highest BCUT2D eigenvalue weighted by molar-refractivity contribution is 9.11. The number of alkyl halides is 1. The highest BCUT2D eigenvalue weighted by Crippen LogP contribution is 2.41. The van der Waals surface area contributed by atoms with Crippen molar-refractivity contribution < 1.29 is 0 Å². The van der Waals surface area contributed by atoms with Crippen molar-refractivity contribution in [2.75, 3.05) is 0 Å². The maximum Gasteiger partial charge on any atom is 0.0749 e. The molecule has 1 heterocycles. The smallest absolute Gasteiger partial charge is 0.0749 e. The minimum absolute atomic E-state index is 0.184. The number of rotatable bonds is 2. The molecule has 0 radical (unpaired) electrons. The maximum atomic E-state index is 6.00. The molecule has 1 unspecified atom stereocenters. The summed E-state index contributed by atoms with van der Waals surface area (Å²) >= 11 is 18.6. The summed E-state index contributed by atoms with van der Waals surface area (Å²) in [5, 5.41) is 0.731. The number of aryl methyl sites for hydroxylation is 1. The Kier molecular flexibility index (Phi) is 4.75. The number of benzene rings is 1. The predicted molar refractivity (Wildman–Crippen MR) is 86.7 cm³/mol. The molecule has 0 fully saturated rings. The van der Waals surface area contributed by atoms with E-state index in [1.54, 1.807) is 11.3 Å². The van der Waals surface area contributed by atoms with E-state index < -0.39 is 0 Å². The fraction of sp³-hybridized carbons (Fsp3) is 0.167. The minimum atomic E-state index is 0.184. The lowest BCUT2D eigenvalue weighted by Gasteiger charge is -2.10. The number of halogens is 4. The van der Waals surface area contributed by atoms with Crippen LogP contribution < -0.4 is 0 Å². The Morgan fingerprint density at radius 1 is 1.18 bits per heavy atom. The molecule has 5 heteroatoms. The number of hydrogen-bond acceptors (Lipinski definition) is 1. The van der Waals surface area contributed by atoms with Gasteiger partial charge in [0.15, 0.2) is 0 Å². The highest BCUT2D eigenvalue weighted by atomic mass is 79.9. The summed E-state index contributed by atoms with van der Waals surface area (Å²) in [5.74, 6) is 0. The molecule has 0 N–H and O–H groups in total. The van der Waals surface area contributed by atoms with Crippen LogP contribution in [0.15, 0.2) is 33.2 Å². The van der Waals surface area contributed by atoms with Gasteiger partial charge in [0.1, 0.15) is 0 Å². The molecule has 0 spiro atoms. The van der Waals surface area contributed by atoms with Crippen LogP contribution in [0.5, 0.6) is 0 Å². The van der Waals surface area contributed by atoms with Gasteiger partial charge in [0.2, 0.25) is 0 Å². The van der Waals surface area contributed by atoms with Crippen LogP contribution in [-0.2, 0) is 0 Å². The quantitative estimate of drug-likeness (QED) is 0.438. The summed E-state index contributed by atoms with van der Waals surface area (Å²) in [6.07, 6.45) is 0. The molecular formula is C12H8Br3ClS. The van der Waals surface area contributed by atoms with E-state index in [-0.39, 0.29) is 4.83 Å². The zero-order chi connectivity index (χ0) is 12.6. The van der Waals surface area contributed by atoms with E-state index in [2.05, 4.69) is 60.8 Å². The van der Waals surface area contributed by atoms with Crippen LogP contribution in [0.1, 0.15) is 20.1 Å². The summed E-state index contributed by atoms with van der Waals surface area (Å²) < 4.78 is 2.07. The molecule has 0 nitrogen and oxygen atoms in total. The van der Waals surface area contributed by atoms with Gasteiger partial charge in [-0.15, -0.1) is 11.3 Å². The summed E-state index contributed by atoms with van der Waals surface area (Å²) in [6, 6.07) is 8.13. The Morgan fingerprint density at radius 3 is 2.41 bits per heavy atom. The molecule has 90 valence electrons. The molecule has 1 atom stereocenters. The third-order valence-corrected chi connectivity index (χ3v) is 6.84. The lowest BCUT2D eigenvalue weighted by Crippen LogP contribution is -1.90. The van der Waals surface area contributed by atoms with Crippen molar-refractivity contribution in [1.82, 2.24) is 0 Å². The van der Waals surface area contributed by atoms with E-state index in [1.165, 1.54) is 15.3 Å². The average molecular weight is 459 g/mol. The van der Waals surface area contributed by atoms with Crippen molar-refractivity contribution >= 4 is 70.7 Å². The molecule has 0 aliphatic rings. The first-order valence-corrected chi connectivity index (χ1v) is 8.53. The van der Waals surface area contributed by atoms with Crippen LogP contribution in [0.25, 0.3) is 0 Å². The molecular weight excluding hydrogens is 451 g/mol. The van der Waals surface area contributed by atoms with E-state index in [4.69, 9.17) is 11.6 Å². The van der Waals surface area contributed by atoms with Gasteiger partial charge in [0.25, 0.3) is 0 Å². The normalized spacial score (nSPS) is 12.8. The van der Waals surface area contributed by atoms with Crippen LogP contribution in [-0.4, -0.2) is 0 Å². The van der Waals surface area contributed by atoms with Crippen molar-refractivity contribution in [2.24, 2.45) is 0 Å². The van der Waals surface area contributed by atoms with Crippen molar-refractivity contribution in [3.8, 4) is 0 Å². The molecule has 0 bridgehead atoms. The first-order valence-electron chi connectivity index (χ1n) is 4.84. The number of thiophene rings is 1. The Balaban J connectivity index is 2.40. The van der Waals surface area contributed by atoms with Crippen LogP contribution >= 0.6 is 70.7 Å². The third kappa shape index (κ3) is 3.16. The predicted octanol–water partition coefficient (Wildman–Crippen LogP) is 6.72. The molecule has 1 aromatic carbocycles.